The van der Waals surface area contributed by atoms with Crippen LogP contribution < -0.4 is 9.47 Å². The summed E-state index contributed by atoms with van der Waals surface area (Å²) in [6, 6.07) is 14.7. The Hall–Kier alpha value is -2.92. The van der Waals surface area contributed by atoms with E-state index in [1.807, 2.05) is 50.2 Å². The highest BCUT2D eigenvalue weighted by molar-refractivity contribution is 6.30. The maximum Gasteiger partial charge on any atom is 0.347 e. The Bertz CT molecular complexity index is 1020. The van der Waals surface area contributed by atoms with Gasteiger partial charge in [-0.2, -0.15) is 0 Å². The van der Waals surface area contributed by atoms with Crippen LogP contribution in [0, 0.1) is 13.8 Å². The molecule has 6 heteroatoms. The molecule has 3 rings (SSSR count). The SMILES string of the molecule is Cc1cc(OCc2cc(-c3ccc(Cl)cc3)oc2C)ccc1OC(C)(C)C(=O)O. The number of halogens is 1. The third-order valence-electron chi connectivity index (χ3n) is 4.57. The van der Waals surface area contributed by atoms with Crippen molar-refractivity contribution in [2.45, 2.75) is 39.9 Å². The van der Waals surface area contributed by atoms with Crippen molar-refractivity contribution in [1.82, 2.24) is 0 Å². The van der Waals surface area contributed by atoms with Crippen LogP contribution in [0.3, 0.4) is 0 Å². The lowest BCUT2D eigenvalue weighted by Crippen LogP contribution is -2.38. The third-order valence-corrected chi connectivity index (χ3v) is 4.82. The number of hydrogen-bond donors (Lipinski definition) is 1. The Balaban J connectivity index is 1.69. The number of aliphatic carboxylic acids is 1. The molecule has 5 nitrogen and oxygen atoms in total. The van der Waals surface area contributed by atoms with Crippen molar-refractivity contribution in [2.75, 3.05) is 0 Å². The molecule has 0 atom stereocenters. The van der Waals surface area contributed by atoms with Gasteiger partial charge in [-0.25, -0.2) is 4.79 Å². The number of benzene rings is 2. The van der Waals surface area contributed by atoms with E-state index < -0.39 is 11.6 Å². The number of aryl methyl sites for hydroxylation is 2. The maximum absolute atomic E-state index is 11.3. The fourth-order valence-corrected chi connectivity index (χ4v) is 2.85. The molecule has 0 amide bonds. The lowest BCUT2D eigenvalue weighted by Gasteiger charge is -2.23. The average Bonchev–Trinajstić information content (AvgIpc) is 3.03. The average molecular weight is 415 g/mol. The van der Waals surface area contributed by atoms with Gasteiger partial charge in [-0.1, -0.05) is 11.6 Å². The molecule has 0 bridgehead atoms. The number of carboxylic acid groups (broad SMARTS) is 1. The van der Waals surface area contributed by atoms with Crippen LogP contribution in [0.1, 0.15) is 30.7 Å². The third kappa shape index (κ3) is 4.93. The van der Waals surface area contributed by atoms with E-state index in [0.717, 1.165) is 28.2 Å². The molecule has 0 radical (unpaired) electrons. The summed E-state index contributed by atoms with van der Waals surface area (Å²) in [5.74, 6) is 1.69. The van der Waals surface area contributed by atoms with Crippen molar-refractivity contribution in [2.24, 2.45) is 0 Å². The van der Waals surface area contributed by atoms with Crippen molar-refractivity contribution >= 4 is 17.6 Å². The maximum atomic E-state index is 11.3. The second kappa shape index (κ2) is 8.21. The lowest BCUT2D eigenvalue weighted by molar-refractivity contribution is -0.152. The van der Waals surface area contributed by atoms with Gasteiger partial charge in [0.2, 0.25) is 0 Å². The smallest absolute Gasteiger partial charge is 0.347 e. The molecule has 2 aromatic carbocycles. The molecule has 0 unspecified atom stereocenters. The van der Waals surface area contributed by atoms with E-state index in [0.29, 0.717) is 23.1 Å². The van der Waals surface area contributed by atoms with Gasteiger partial charge < -0.3 is 19.0 Å². The quantitative estimate of drug-likeness (QED) is 0.510. The number of furan rings is 1. The number of ether oxygens (including phenoxy) is 2. The largest absolute Gasteiger partial charge is 0.489 e. The van der Waals surface area contributed by atoms with E-state index >= 15 is 0 Å². The summed E-state index contributed by atoms with van der Waals surface area (Å²) in [5, 5.41) is 9.89. The minimum atomic E-state index is -1.31. The fraction of sp³-hybridized carbons (Fsp3) is 0.261. The Morgan fingerprint density at radius 3 is 2.41 bits per heavy atom. The van der Waals surface area contributed by atoms with E-state index in [1.54, 1.807) is 12.1 Å². The molecule has 0 aliphatic rings. The lowest BCUT2D eigenvalue weighted by atomic mass is 10.1. The number of rotatable bonds is 7. The zero-order valence-corrected chi connectivity index (χ0v) is 17.5. The molecule has 0 aliphatic carbocycles. The van der Waals surface area contributed by atoms with E-state index in [9.17, 15) is 9.90 Å². The first-order valence-electron chi connectivity index (χ1n) is 9.17. The highest BCUT2D eigenvalue weighted by atomic mass is 35.5. The van der Waals surface area contributed by atoms with Gasteiger partial charge in [0.05, 0.1) is 0 Å². The predicted octanol–water partition coefficient (Wildman–Crippen LogP) is 6.04. The number of carboxylic acids is 1. The summed E-state index contributed by atoms with van der Waals surface area (Å²) in [6.07, 6.45) is 0. The fourth-order valence-electron chi connectivity index (χ4n) is 2.73. The first-order valence-corrected chi connectivity index (χ1v) is 9.54. The Kier molecular flexibility index (Phi) is 5.89. The Labute approximate surface area is 174 Å². The predicted molar refractivity (Wildman–Crippen MR) is 112 cm³/mol. The first-order chi connectivity index (χ1) is 13.7. The van der Waals surface area contributed by atoms with Crippen molar-refractivity contribution in [1.29, 1.82) is 0 Å². The van der Waals surface area contributed by atoms with E-state index in [4.69, 9.17) is 25.5 Å². The van der Waals surface area contributed by atoms with Gasteiger partial charge in [-0.15, -0.1) is 0 Å². The molecule has 1 heterocycles. The normalized spacial score (nSPS) is 11.3. The van der Waals surface area contributed by atoms with Crippen LogP contribution in [-0.2, 0) is 11.4 Å². The van der Waals surface area contributed by atoms with Crippen molar-refractivity contribution in [3.63, 3.8) is 0 Å². The zero-order chi connectivity index (χ0) is 21.2. The molecular weight excluding hydrogens is 392 g/mol. The van der Waals surface area contributed by atoms with Crippen LogP contribution in [0.5, 0.6) is 11.5 Å². The van der Waals surface area contributed by atoms with Crippen LogP contribution in [0.25, 0.3) is 11.3 Å². The number of carbonyl (C=O) groups is 1. The summed E-state index contributed by atoms with van der Waals surface area (Å²) >= 11 is 5.94. The van der Waals surface area contributed by atoms with Crippen LogP contribution in [-0.4, -0.2) is 16.7 Å². The molecular formula is C23H23ClO5. The highest BCUT2D eigenvalue weighted by Crippen LogP contribution is 2.30. The molecule has 0 saturated heterocycles. The second-order valence-corrected chi connectivity index (χ2v) is 7.77. The Morgan fingerprint density at radius 2 is 1.79 bits per heavy atom. The van der Waals surface area contributed by atoms with E-state index in [-0.39, 0.29) is 0 Å². The van der Waals surface area contributed by atoms with Gasteiger partial charge in [0.15, 0.2) is 5.60 Å². The molecule has 1 aromatic heterocycles. The molecule has 1 N–H and O–H groups in total. The standard InChI is InChI=1S/C23H23ClO5/c1-14-11-19(9-10-20(14)29-23(3,4)22(25)26)27-13-17-12-21(28-15(17)2)16-5-7-18(24)8-6-16/h5-12H,13H2,1-4H3,(H,25,26). The molecule has 0 aliphatic heterocycles. The van der Waals surface area contributed by atoms with Gasteiger partial charge >= 0.3 is 5.97 Å². The molecule has 0 spiro atoms. The summed E-state index contributed by atoms with van der Waals surface area (Å²) in [6.45, 7) is 7.12. The number of hydrogen-bond acceptors (Lipinski definition) is 4. The van der Waals surface area contributed by atoms with Gasteiger partial charge in [0.1, 0.15) is 29.6 Å². The Morgan fingerprint density at radius 1 is 1.10 bits per heavy atom. The van der Waals surface area contributed by atoms with Gasteiger partial charge in [-0.3, -0.25) is 0 Å². The zero-order valence-electron chi connectivity index (χ0n) is 16.8. The van der Waals surface area contributed by atoms with Gasteiger partial charge in [0.25, 0.3) is 0 Å². The summed E-state index contributed by atoms with van der Waals surface area (Å²) < 4.78 is 17.4. The minimum Gasteiger partial charge on any atom is -0.489 e. The molecule has 29 heavy (non-hydrogen) atoms. The summed E-state index contributed by atoms with van der Waals surface area (Å²) in [5.41, 5.74) is 1.38. The van der Waals surface area contributed by atoms with Crippen LogP contribution in [0.4, 0.5) is 0 Å². The monoisotopic (exact) mass is 414 g/mol. The van der Waals surface area contributed by atoms with Gasteiger partial charge in [0, 0.05) is 16.1 Å². The second-order valence-electron chi connectivity index (χ2n) is 7.33. The highest BCUT2D eigenvalue weighted by Gasteiger charge is 2.29. The molecule has 0 saturated carbocycles. The van der Waals surface area contributed by atoms with Crippen molar-refractivity contribution in [3.05, 3.63) is 70.4 Å². The minimum absolute atomic E-state index is 0.350. The van der Waals surface area contributed by atoms with E-state index in [2.05, 4.69) is 0 Å². The first kappa shape index (κ1) is 20.8. The molecule has 0 fully saturated rings. The molecule has 3 aromatic rings. The van der Waals surface area contributed by atoms with Crippen LogP contribution in [0.2, 0.25) is 5.02 Å². The topological polar surface area (TPSA) is 68.9 Å². The summed E-state index contributed by atoms with van der Waals surface area (Å²) in [7, 11) is 0. The van der Waals surface area contributed by atoms with Crippen molar-refractivity contribution in [3.8, 4) is 22.8 Å². The van der Waals surface area contributed by atoms with Crippen LogP contribution in [0.15, 0.2) is 52.9 Å². The summed E-state index contributed by atoms with van der Waals surface area (Å²) in [4.78, 5) is 11.3. The van der Waals surface area contributed by atoms with Crippen LogP contribution >= 0.6 is 11.6 Å². The van der Waals surface area contributed by atoms with Crippen molar-refractivity contribution < 1.29 is 23.8 Å². The molecule has 152 valence electrons. The van der Waals surface area contributed by atoms with E-state index in [1.165, 1.54) is 13.8 Å². The van der Waals surface area contributed by atoms with Gasteiger partial charge in [-0.05, 0) is 81.8 Å².